The first-order valence-corrected chi connectivity index (χ1v) is 9.35. The molecular formula is C22H18Cl2N2O2. The lowest BCUT2D eigenvalue weighted by Gasteiger charge is -2.11. The van der Waals surface area contributed by atoms with Gasteiger partial charge in [-0.15, -0.1) is 0 Å². The first kappa shape index (κ1) is 19.9. The Kier molecular flexibility index (Phi) is 6.69. The van der Waals surface area contributed by atoms with Gasteiger partial charge in [-0.05, 0) is 48.4 Å². The summed E-state index contributed by atoms with van der Waals surface area (Å²) in [4.78, 5) is 16.5. The summed E-state index contributed by atoms with van der Waals surface area (Å²) in [5.41, 5.74) is 3.36. The minimum absolute atomic E-state index is 0.203. The fraction of sp³-hybridized carbons (Fsp3) is 0.0909. The summed E-state index contributed by atoms with van der Waals surface area (Å²) < 4.78 is 5.52. The first-order chi connectivity index (χ1) is 13.5. The molecule has 0 radical (unpaired) electrons. The quantitative estimate of drug-likeness (QED) is 0.499. The van der Waals surface area contributed by atoms with Gasteiger partial charge in [0.15, 0.2) is 12.4 Å². The van der Waals surface area contributed by atoms with Gasteiger partial charge < -0.3 is 10.1 Å². The van der Waals surface area contributed by atoms with Crippen LogP contribution in [0.1, 0.15) is 11.1 Å². The number of hydrogen-bond acceptors (Lipinski definition) is 3. The third-order valence-electron chi connectivity index (χ3n) is 3.89. The van der Waals surface area contributed by atoms with E-state index in [1.54, 1.807) is 30.5 Å². The molecule has 6 heteroatoms. The predicted octanol–water partition coefficient (Wildman–Crippen LogP) is 6.07. The standard InChI is InChI=1S/C22H18Cl2N2O2/c1-15-7-5-6-10-20(15)25-13-16-11-18(23)22(19(24)12-16)28-14-21(27)26-17-8-3-2-4-9-17/h2-13H,14H2,1H3,(H,26,27). The Morgan fingerprint density at radius 3 is 2.36 bits per heavy atom. The smallest absolute Gasteiger partial charge is 0.262 e. The Balaban J connectivity index is 1.66. The molecule has 1 amide bonds. The van der Waals surface area contributed by atoms with Gasteiger partial charge in [0.25, 0.3) is 5.91 Å². The van der Waals surface area contributed by atoms with Crippen molar-refractivity contribution < 1.29 is 9.53 Å². The van der Waals surface area contributed by atoms with Crippen LogP contribution in [0.4, 0.5) is 11.4 Å². The van der Waals surface area contributed by atoms with Gasteiger partial charge in [-0.3, -0.25) is 9.79 Å². The third kappa shape index (κ3) is 5.35. The summed E-state index contributed by atoms with van der Waals surface area (Å²) in [5.74, 6) is -0.0388. The first-order valence-electron chi connectivity index (χ1n) is 8.59. The third-order valence-corrected chi connectivity index (χ3v) is 4.46. The van der Waals surface area contributed by atoms with E-state index in [1.165, 1.54) is 0 Å². The maximum absolute atomic E-state index is 12.0. The number of hydrogen-bond donors (Lipinski definition) is 1. The average Bonchev–Trinajstić information content (AvgIpc) is 2.67. The van der Waals surface area contributed by atoms with E-state index >= 15 is 0 Å². The lowest BCUT2D eigenvalue weighted by atomic mass is 10.2. The Bertz CT molecular complexity index is 981. The largest absolute Gasteiger partial charge is 0.481 e. The SMILES string of the molecule is Cc1ccccc1N=Cc1cc(Cl)c(OCC(=O)Nc2ccccc2)c(Cl)c1. The van der Waals surface area contributed by atoms with Crippen LogP contribution in [-0.2, 0) is 4.79 Å². The molecule has 28 heavy (non-hydrogen) atoms. The van der Waals surface area contributed by atoms with Crippen molar-refractivity contribution >= 4 is 46.7 Å². The van der Waals surface area contributed by atoms with Gasteiger partial charge >= 0.3 is 0 Å². The van der Waals surface area contributed by atoms with E-state index in [1.807, 2.05) is 49.4 Å². The number of nitrogens with zero attached hydrogens (tertiary/aromatic N) is 1. The molecule has 3 rings (SSSR count). The second kappa shape index (κ2) is 9.40. The number of halogens is 2. The second-order valence-corrected chi connectivity index (χ2v) is 6.88. The number of carbonyl (C=O) groups is 1. The van der Waals surface area contributed by atoms with Crippen LogP contribution in [0.15, 0.2) is 71.7 Å². The molecule has 0 bridgehead atoms. The average molecular weight is 413 g/mol. The number of carbonyl (C=O) groups excluding carboxylic acids is 1. The number of nitrogens with one attached hydrogen (secondary N) is 1. The van der Waals surface area contributed by atoms with E-state index in [4.69, 9.17) is 27.9 Å². The van der Waals surface area contributed by atoms with Gasteiger partial charge in [0, 0.05) is 11.9 Å². The van der Waals surface area contributed by atoms with Crippen molar-refractivity contribution in [3.63, 3.8) is 0 Å². The van der Waals surface area contributed by atoms with E-state index in [9.17, 15) is 4.79 Å². The van der Waals surface area contributed by atoms with E-state index in [0.29, 0.717) is 15.7 Å². The lowest BCUT2D eigenvalue weighted by molar-refractivity contribution is -0.118. The van der Waals surface area contributed by atoms with Crippen molar-refractivity contribution in [3.05, 3.63) is 87.9 Å². The lowest BCUT2D eigenvalue weighted by Crippen LogP contribution is -2.20. The highest BCUT2D eigenvalue weighted by atomic mass is 35.5. The summed E-state index contributed by atoms with van der Waals surface area (Å²) in [6, 6.07) is 20.3. The number of para-hydroxylation sites is 2. The Hall–Kier alpha value is -2.82. The van der Waals surface area contributed by atoms with Crippen molar-refractivity contribution in [1.82, 2.24) is 0 Å². The molecule has 142 valence electrons. The topological polar surface area (TPSA) is 50.7 Å². The van der Waals surface area contributed by atoms with Crippen LogP contribution >= 0.6 is 23.2 Å². The van der Waals surface area contributed by atoms with Crippen LogP contribution in [0.3, 0.4) is 0 Å². The number of benzene rings is 3. The molecule has 0 aromatic heterocycles. The molecule has 0 heterocycles. The number of rotatable bonds is 6. The molecule has 0 spiro atoms. The highest BCUT2D eigenvalue weighted by molar-refractivity contribution is 6.37. The van der Waals surface area contributed by atoms with Crippen molar-refractivity contribution in [1.29, 1.82) is 0 Å². The molecule has 3 aromatic rings. The summed E-state index contributed by atoms with van der Waals surface area (Å²) in [6.45, 7) is 1.79. The summed E-state index contributed by atoms with van der Waals surface area (Å²) in [5, 5.41) is 3.36. The predicted molar refractivity (Wildman–Crippen MR) is 115 cm³/mol. The van der Waals surface area contributed by atoms with Crippen molar-refractivity contribution in [2.24, 2.45) is 4.99 Å². The molecule has 0 aliphatic carbocycles. The number of aliphatic imine (C=N–C) groups is 1. The molecule has 4 nitrogen and oxygen atoms in total. The summed E-state index contributed by atoms with van der Waals surface area (Å²) >= 11 is 12.6. The van der Waals surface area contributed by atoms with Gasteiger partial charge in [-0.2, -0.15) is 0 Å². The van der Waals surface area contributed by atoms with Crippen molar-refractivity contribution in [2.45, 2.75) is 6.92 Å². The highest BCUT2D eigenvalue weighted by Crippen LogP contribution is 2.34. The maximum atomic E-state index is 12.0. The molecule has 0 aliphatic heterocycles. The molecule has 0 saturated carbocycles. The monoisotopic (exact) mass is 412 g/mol. The van der Waals surface area contributed by atoms with Gasteiger partial charge in [0.05, 0.1) is 15.7 Å². The van der Waals surface area contributed by atoms with Crippen LogP contribution in [0, 0.1) is 6.92 Å². The zero-order valence-electron chi connectivity index (χ0n) is 15.2. The molecule has 0 aliphatic rings. The molecular weight excluding hydrogens is 395 g/mol. The number of anilines is 1. The van der Waals surface area contributed by atoms with Gasteiger partial charge in [0.1, 0.15) is 0 Å². The van der Waals surface area contributed by atoms with Crippen LogP contribution < -0.4 is 10.1 Å². The van der Waals surface area contributed by atoms with Gasteiger partial charge in [-0.1, -0.05) is 59.6 Å². The minimum atomic E-state index is -0.302. The van der Waals surface area contributed by atoms with Crippen molar-refractivity contribution in [2.75, 3.05) is 11.9 Å². The maximum Gasteiger partial charge on any atom is 0.262 e. The van der Waals surface area contributed by atoms with E-state index in [-0.39, 0.29) is 18.3 Å². The molecule has 0 unspecified atom stereocenters. The highest BCUT2D eigenvalue weighted by Gasteiger charge is 2.12. The van der Waals surface area contributed by atoms with Gasteiger partial charge in [0.2, 0.25) is 0 Å². The summed E-state index contributed by atoms with van der Waals surface area (Å²) in [7, 11) is 0. The Morgan fingerprint density at radius 1 is 1.04 bits per heavy atom. The summed E-state index contributed by atoms with van der Waals surface area (Å²) in [6.07, 6.45) is 1.69. The van der Waals surface area contributed by atoms with E-state index in [0.717, 1.165) is 16.8 Å². The van der Waals surface area contributed by atoms with E-state index in [2.05, 4.69) is 10.3 Å². The van der Waals surface area contributed by atoms with Crippen LogP contribution in [0.25, 0.3) is 0 Å². The molecule has 0 fully saturated rings. The molecule has 0 atom stereocenters. The molecule has 0 saturated heterocycles. The Labute approximate surface area is 173 Å². The fourth-order valence-corrected chi connectivity index (χ4v) is 3.11. The van der Waals surface area contributed by atoms with Crippen LogP contribution in [0.5, 0.6) is 5.75 Å². The van der Waals surface area contributed by atoms with E-state index < -0.39 is 0 Å². The normalized spacial score (nSPS) is 10.8. The number of amides is 1. The minimum Gasteiger partial charge on any atom is -0.481 e. The van der Waals surface area contributed by atoms with Gasteiger partial charge in [-0.25, -0.2) is 0 Å². The Morgan fingerprint density at radius 2 is 1.68 bits per heavy atom. The second-order valence-electron chi connectivity index (χ2n) is 6.06. The number of aryl methyl sites for hydroxylation is 1. The van der Waals surface area contributed by atoms with Crippen molar-refractivity contribution in [3.8, 4) is 5.75 Å². The van der Waals surface area contributed by atoms with Crippen LogP contribution in [0.2, 0.25) is 10.0 Å². The number of ether oxygens (including phenoxy) is 1. The fourth-order valence-electron chi connectivity index (χ4n) is 2.50. The van der Waals surface area contributed by atoms with Crippen LogP contribution in [-0.4, -0.2) is 18.7 Å². The zero-order chi connectivity index (χ0) is 19.9. The molecule has 3 aromatic carbocycles. The zero-order valence-corrected chi connectivity index (χ0v) is 16.7. The molecule has 1 N–H and O–H groups in total.